The smallest absolute Gasteiger partial charge is 0.186 e. The van der Waals surface area contributed by atoms with E-state index in [0.29, 0.717) is 18.7 Å². The monoisotopic (exact) mass is 240 g/mol. The van der Waals surface area contributed by atoms with Crippen LogP contribution in [-0.4, -0.2) is 22.6 Å². The summed E-state index contributed by atoms with van der Waals surface area (Å²) in [5.74, 6) is -0.0895. The van der Waals surface area contributed by atoms with Gasteiger partial charge in [-0.15, -0.1) is 0 Å². The molecule has 0 saturated heterocycles. The van der Waals surface area contributed by atoms with Crippen LogP contribution < -0.4 is 11.1 Å². The van der Waals surface area contributed by atoms with Gasteiger partial charge >= 0.3 is 0 Å². The minimum absolute atomic E-state index is 0.0732. The fourth-order valence-electron chi connectivity index (χ4n) is 1.65. The molecule has 0 aliphatic heterocycles. The summed E-state index contributed by atoms with van der Waals surface area (Å²) in [6, 6.07) is 0.0732. The molecular weight excluding hydrogens is 219 g/mol. The van der Waals surface area contributed by atoms with E-state index in [1.165, 1.54) is 6.33 Å². The van der Waals surface area contributed by atoms with Gasteiger partial charge in [0.25, 0.3) is 0 Å². The number of halogens is 1. The molecule has 5 heteroatoms. The van der Waals surface area contributed by atoms with Gasteiger partial charge in [0.2, 0.25) is 0 Å². The van der Waals surface area contributed by atoms with E-state index in [1.54, 1.807) is 0 Å². The van der Waals surface area contributed by atoms with Crippen LogP contribution in [0.1, 0.15) is 38.8 Å². The molecule has 3 N–H and O–H groups in total. The number of aryl methyl sites for hydroxylation is 1. The molecule has 0 saturated carbocycles. The Kier molecular flexibility index (Phi) is 5.83. The number of hydrogen-bond acceptors (Lipinski definition) is 4. The number of unbranched alkanes of at least 4 members (excludes halogenated alkanes) is 1. The van der Waals surface area contributed by atoms with E-state index in [0.717, 1.165) is 19.3 Å². The third kappa shape index (κ3) is 3.93. The minimum atomic E-state index is -0.357. The number of rotatable bonds is 7. The van der Waals surface area contributed by atoms with Gasteiger partial charge in [-0.3, -0.25) is 0 Å². The molecule has 1 aromatic rings. The molecule has 0 spiro atoms. The van der Waals surface area contributed by atoms with E-state index < -0.39 is 0 Å². The SMILES string of the molecule is CCCCC(CN)Nc1ncnc(CC)c1F. The molecule has 96 valence electrons. The van der Waals surface area contributed by atoms with Crippen LogP contribution in [-0.2, 0) is 6.42 Å². The zero-order chi connectivity index (χ0) is 12.7. The van der Waals surface area contributed by atoms with Crippen LogP contribution in [0.5, 0.6) is 0 Å². The molecule has 0 radical (unpaired) electrons. The highest BCUT2D eigenvalue weighted by atomic mass is 19.1. The summed E-state index contributed by atoms with van der Waals surface area (Å²) in [6.07, 6.45) is 5.05. The number of hydrogen-bond donors (Lipinski definition) is 2. The Hall–Kier alpha value is -1.23. The van der Waals surface area contributed by atoms with Crippen molar-refractivity contribution in [3.63, 3.8) is 0 Å². The standard InChI is InChI=1S/C12H21FN4/c1-3-5-6-9(7-14)17-12-11(13)10(4-2)15-8-16-12/h8-9H,3-7,14H2,1-2H3,(H,15,16,17). The zero-order valence-corrected chi connectivity index (χ0v) is 10.5. The molecule has 1 atom stereocenters. The first kappa shape index (κ1) is 13.8. The summed E-state index contributed by atoms with van der Waals surface area (Å²) in [5.41, 5.74) is 6.09. The van der Waals surface area contributed by atoms with Crippen molar-refractivity contribution in [2.45, 2.75) is 45.6 Å². The van der Waals surface area contributed by atoms with Crippen molar-refractivity contribution in [1.82, 2.24) is 9.97 Å². The molecule has 0 bridgehead atoms. The second-order valence-corrected chi connectivity index (χ2v) is 4.06. The fourth-order valence-corrected chi connectivity index (χ4v) is 1.65. The largest absolute Gasteiger partial charge is 0.364 e. The van der Waals surface area contributed by atoms with Gasteiger partial charge in [0.1, 0.15) is 6.33 Å². The summed E-state index contributed by atoms with van der Waals surface area (Å²) in [4.78, 5) is 7.83. The number of anilines is 1. The van der Waals surface area contributed by atoms with Gasteiger partial charge in [-0.05, 0) is 12.8 Å². The average Bonchev–Trinajstić information content (AvgIpc) is 2.36. The maximum atomic E-state index is 13.9. The molecule has 0 aliphatic rings. The Morgan fingerprint density at radius 3 is 2.76 bits per heavy atom. The van der Waals surface area contributed by atoms with Gasteiger partial charge in [0.15, 0.2) is 11.6 Å². The van der Waals surface area contributed by atoms with Crippen molar-refractivity contribution >= 4 is 5.82 Å². The Balaban J connectivity index is 2.72. The lowest BCUT2D eigenvalue weighted by Gasteiger charge is -2.17. The van der Waals surface area contributed by atoms with Crippen LogP contribution in [0, 0.1) is 5.82 Å². The quantitative estimate of drug-likeness (QED) is 0.766. The van der Waals surface area contributed by atoms with Crippen molar-refractivity contribution < 1.29 is 4.39 Å². The Bertz CT molecular complexity index is 343. The van der Waals surface area contributed by atoms with Gasteiger partial charge in [-0.2, -0.15) is 0 Å². The highest BCUT2D eigenvalue weighted by Gasteiger charge is 2.13. The second-order valence-electron chi connectivity index (χ2n) is 4.06. The van der Waals surface area contributed by atoms with Crippen LogP contribution in [0.15, 0.2) is 6.33 Å². The molecule has 0 fully saturated rings. The van der Waals surface area contributed by atoms with Gasteiger partial charge in [-0.1, -0.05) is 26.7 Å². The molecule has 0 amide bonds. The van der Waals surface area contributed by atoms with Gasteiger partial charge < -0.3 is 11.1 Å². The first-order valence-corrected chi connectivity index (χ1v) is 6.18. The first-order valence-electron chi connectivity index (χ1n) is 6.18. The van der Waals surface area contributed by atoms with E-state index >= 15 is 0 Å². The average molecular weight is 240 g/mol. The number of nitrogens with two attached hydrogens (primary N) is 1. The summed E-state index contributed by atoms with van der Waals surface area (Å²) in [5, 5.41) is 3.06. The lowest BCUT2D eigenvalue weighted by molar-refractivity contribution is 0.576. The van der Waals surface area contributed by atoms with E-state index in [-0.39, 0.29) is 17.7 Å². The summed E-state index contributed by atoms with van der Waals surface area (Å²) >= 11 is 0. The lowest BCUT2D eigenvalue weighted by Crippen LogP contribution is -2.29. The highest BCUT2D eigenvalue weighted by Crippen LogP contribution is 2.15. The van der Waals surface area contributed by atoms with Crippen molar-refractivity contribution in [2.75, 3.05) is 11.9 Å². The Morgan fingerprint density at radius 1 is 1.41 bits per heavy atom. The van der Waals surface area contributed by atoms with Gasteiger partial charge in [0, 0.05) is 12.6 Å². The van der Waals surface area contributed by atoms with E-state index in [2.05, 4.69) is 22.2 Å². The molecule has 1 rings (SSSR count). The summed E-state index contributed by atoms with van der Waals surface area (Å²) in [7, 11) is 0. The van der Waals surface area contributed by atoms with E-state index in [4.69, 9.17) is 5.73 Å². The predicted molar refractivity (Wildman–Crippen MR) is 67.4 cm³/mol. The van der Waals surface area contributed by atoms with Crippen LogP contribution in [0.3, 0.4) is 0 Å². The first-order chi connectivity index (χ1) is 8.22. The Morgan fingerprint density at radius 2 is 2.18 bits per heavy atom. The van der Waals surface area contributed by atoms with Crippen LogP contribution >= 0.6 is 0 Å². The Labute approximate surface area is 102 Å². The maximum absolute atomic E-state index is 13.9. The molecule has 1 unspecified atom stereocenters. The normalized spacial score (nSPS) is 12.5. The molecular formula is C12H21FN4. The molecule has 1 heterocycles. The lowest BCUT2D eigenvalue weighted by atomic mass is 10.1. The van der Waals surface area contributed by atoms with E-state index in [9.17, 15) is 4.39 Å². The van der Waals surface area contributed by atoms with Crippen molar-refractivity contribution in [3.8, 4) is 0 Å². The fraction of sp³-hybridized carbons (Fsp3) is 0.667. The molecule has 1 aromatic heterocycles. The number of nitrogens with one attached hydrogen (secondary N) is 1. The van der Waals surface area contributed by atoms with Gasteiger partial charge in [-0.25, -0.2) is 14.4 Å². The third-order valence-corrected chi connectivity index (χ3v) is 2.73. The van der Waals surface area contributed by atoms with Crippen molar-refractivity contribution in [3.05, 3.63) is 17.8 Å². The number of nitrogens with zero attached hydrogens (tertiary/aromatic N) is 2. The zero-order valence-electron chi connectivity index (χ0n) is 10.5. The topological polar surface area (TPSA) is 63.8 Å². The molecule has 0 aliphatic carbocycles. The number of aromatic nitrogens is 2. The minimum Gasteiger partial charge on any atom is -0.364 e. The summed E-state index contributed by atoms with van der Waals surface area (Å²) in [6.45, 7) is 4.46. The highest BCUT2D eigenvalue weighted by molar-refractivity contribution is 5.38. The van der Waals surface area contributed by atoms with Crippen LogP contribution in [0.25, 0.3) is 0 Å². The maximum Gasteiger partial charge on any atom is 0.186 e. The molecule has 0 aromatic carbocycles. The molecule has 17 heavy (non-hydrogen) atoms. The van der Waals surface area contributed by atoms with E-state index in [1.807, 2.05) is 6.92 Å². The predicted octanol–water partition coefficient (Wildman–Crippen LogP) is 2.11. The van der Waals surface area contributed by atoms with Crippen molar-refractivity contribution in [1.29, 1.82) is 0 Å². The van der Waals surface area contributed by atoms with Crippen molar-refractivity contribution in [2.24, 2.45) is 5.73 Å². The second kappa shape index (κ2) is 7.17. The molecule has 4 nitrogen and oxygen atoms in total. The summed E-state index contributed by atoms with van der Waals surface area (Å²) < 4.78 is 13.9. The van der Waals surface area contributed by atoms with Crippen LogP contribution in [0.2, 0.25) is 0 Å². The van der Waals surface area contributed by atoms with Gasteiger partial charge in [0.05, 0.1) is 5.69 Å². The third-order valence-electron chi connectivity index (χ3n) is 2.73. The van der Waals surface area contributed by atoms with Crippen LogP contribution in [0.4, 0.5) is 10.2 Å².